The summed E-state index contributed by atoms with van der Waals surface area (Å²) in [5.74, 6) is -1.26. The van der Waals surface area contributed by atoms with Gasteiger partial charge in [-0.25, -0.2) is 23.7 Å². The highest BCUT2D eigenvalue weighted by Crippen LogP contribution is 2.34. The molecule has 1 saturated carbocycles. The summed E-state index contributed by atoms with van der Waals surface area (Å²) in [6, 6.07) is 15.6. The van der Waals surface area contributed by atoms with Gasteiger partial charge in [-0.15, -0.1) is 11.3 Å². The van der Waals surface area contributed by atoms with E-state index in [1.807, 2.05) is 46.3 Å². The molecular weight excluding hydrogens is 518 g/mol. The van der Waals surface area contributed by atoms with Crippen LogP contribution in [0.3, 0.4) is 0 Å². The number of aromatic nitrogens is 4. The van der Waals surface area contributed by atoms with E-state index in [2.05, 4.69) is 20.6 Å². The smallest absolute Gasteiger partial charge is 0.223 e. The third-order valence-electron chi connectivity index (χ3n) is 7.09. The van der Waals surface area contributed by atoms with Gasteiger partial charge in [0.25, 0.3) is 0 Å². The Morgan fingerprint density at radius 1 is 1.00 bits per heavy atom. The number of halogens is 2. The van der Waals surface area contributed by atoms with Crippen molar-refractivity contribution in [1.82, 2.24) is 24.7 Å². The zero-order valence-electron chi connectivity index (χ0n) is 21.0. The van der Waals surface area contributed by atoms with Crippen LogP contribution in [-0.2, 0) is 11.3 Å². The Bertz CT molecular complexity index is 1610. The number of nitrogens with zero attached hydrogens (tertiary/aromatic N) is 4. The first kappa shape index (κ1) is 25.1. The molecule has 5 aromatic rings. The minimum Gasteiger partial charge on any atom is -0.352 e. The summed E-state index contributed by atoms with van der Waals surface area (Å²) in [6.45, 7) is 0.539. The fraction of sp³-hybridized carbons (Fsp3) is 0.241. The topological polar surface area (TPSA) is 84.2 Å². The van der Waals surface area contributed by atoms with Crippen molar-refractivity contribution in [3.8, 4) is 22.6 Å². The lowest BCUT2D eigenvalue weighted by molar-refractivity contribution is -0.126. The van der Waals surface area contributed by atoms with Gasteiger partial charge in [0.1, 0.15) is 5.69 Å². The highest BCUT2D eigenvalue weighted by atomic mass is 32.1. The lowest BCUT2D eigenvalue weighted by atomic mass is 9.85. The van der Waals surface area contributed by atoms with E-state index >= 15 is 0 Å². The van der Waals surface area contributed by atoms with Crippen molar-refractivity contribution in [2.45, 2.75) is 38.3 Å². The van der Waals surface area contributed by atoms with E-state index in [0.29, 0.717) is 35.1 Å². The molecule has 1 amide bonds. The SMILES string of the molecule is O=C(NCc1ccccc1)C1CCC(Nc2nccc(-c3c(-c4ccc(F)c(F)c4)nc4sccn34)n2)CC1. The number of carbonyl (C=O) groups excluding carboxylic acids is 1. The summed E-state index contributed by atoms with van der Waals surface area (Å²) in [4.78, 5) is 27.2. The Balaban J connectivity index is 1.15. The van der Waals surface area contributed by atoms with Gasteiger partial charge in [0.15, 0.2) is 16.6 Å². The molecule has 0 atom stereocenters. The van der Waals surface area contributed by atoms with Crippen LogP contribution in [0.25, 0.3) is 27.6 Å². The average Bonchev–Trinajstić information content (AvgIpc) is 3.56. The van der Waals surface area contributed by atoms with Crippen molar-refractivity contribution in [3.63, 3.8) is 0 Å². The van der Waals surface area contributed by atoms with Gasteiger partial charge in [0.05, 0.1) is 11.4 Å². The van der Waals surface area contributed by atoms with Gasteiger partial charge in [-0.1, -0.05) is 30.3 Å². The highest BCUT2D eigenvalue weighted by Gasteiger charge is 2.27. The standard InChI is InChI=1S/C29H26F2N6OS/c30-22-11-8-20(16-23(22)31)25-26(37-14-15-39-29(37)36-25)24-12-13-32-28(35-24)34-21-9-6-19(7-10-21)27(38)33-17-18-4-2-1-3-5-18/h1-5,8,11-16,19,21H,6-7,9-10,17H2,(H,33,38)(H,32,34,35). The van der Waals surface area contributed by atoms with Gasteiger partial charge < -0.3 is 10.6 Å². The molecule has 3 aromatic heterocycles. The molecule has 39 heavy (non-hydrogen) atoms. The molecule has 0 saturated heterocycles. The van der Waals surface area contributed by atoms with E-state index in [1.165, 1.54) is 17.4 Å². The molecule has 0 unspecified atom stereocenters. The lowest BCUT2D eigenvalue weighted by Gasteiger charge is -2.28. The van der Waals surface area contributed by atoms with Gasteiger partial charge in [0, 0.05) is 41.8 Å². The van der Waals surface area contributed by atoms with Gasteiger partial charge in [-0.2, -0.15) is 0 Å². The first-order valence-electron chi connectivity index (χ1n) is 12.9. The van der Waals surface area contributed by atoms with Crippen LogP contribution in [0.1, 0.15) is 31.2 Å². The molecule has 2 aromatic carbocycles. The Morgan fingerprint density at radius 3 is 2.62 bits per heavy atom. The summed E-state index contributed by atoms with van der Waals surface area (Å²) in [5, 5.41) is 8.40. The number of fused-ring (bicyclic) bond motifs is 1. The van der Waals surface area contributed by atoms with Gasteiger partial charge >= 0.3 is 0 Å². The minimum absolute atomic E-state index is 0.00338. The second-order valence-corrected chi connectivity index (χ2v) is 10.5. The van der Waals surface area contributed by atoms with Crippen LogP contribution in [0.5, 0.6) is 0 Å². The summed E-state index contributed by atoms with van der Waals surface area (Å²) in [5.41, 5.74) is 3.38. The molecule has 10 heteroatoms. The quantitative estimate of drug-likeness (QED) is 0.259. The van der Waals surface area contributed by atoms with E-state index in [9.17, 15) is 13.6 Å². The molecule has 0 bridgehead atoms. The molecule has 1 aliphatic carbocycles. The number of hydrogen-bond donors (Lipinski definition) is 2. The van der Waals surface area contributed by atoms with Gasteiger partial charge in [-0.3, -0.25) is 9.20 Å². The number of amides is 1. The number of nitrogens with one attached hydrogen (secondary N) is 2. The zero-order chi connectivity index (χ0) is 26.8. The van der Waals surface area contributed by atoms with Crippen molar-refractivity contribution in [3.05, 3.63) is 89.6 Å². The number of thiazole rings is 1. The third kappa shape index (κ3) is 5.37. The molecular formula is C29H26F2N6OS. The van der Waals surface area contributed by atoms with Crippen molar-refractivity contribution in [2.24, 2.45) is 5.92 Å². The number of benzene rings is 2. The van der Waals surface area contributed by atoms with Crippen LogP contribution in [0.4, 0.5) is 14.7 Å². The Labute approximate surface area is 228 Å². The zero-order valence-corrected chi connectivity index (χ0v) is 21.8. The predicted octanol–water partition coefficient (Wildman–Crippen LogP) is 6.09. The Morgan fingerprint density at radius 2 is 1.82 bits per heavy atom. The fourth-order valence-corrected chi connectivity index (χ4v) is 5.76. The number of carbonyl (C=O) groups is 1. The second-order valence-electron chi connectivity index (χ2n) is 9.66. The van der Waals surface area contributed by atoms with Crippen molar-refractivity contribution in [2.75, 3.05) is 5.32 Å². The van der Waals surface area contributed by atoms with Gasteiger partial charge in [0.2, 0.25) is 11.9 Å². The summed E-state index contributed by atoms with van der Waals surface area (Å²) < 4.78 is 29.5. The van der Waals surface area contributed by atoms with Crippen LogP contribution in [0, 0.1) is 17.6 Å². The van der Waals surface area contributed by atoms with Crippen LogP contribution in [0.2, 0.25) is 0 Å². The molecule has 0 radical (unpaired) electrons. The third-order valence-corrected chi connectivity index (χ3v) is 7.85. The maximum Gasteiger partial charge on any atom is 0.223 e. The van der Waals surface area contributed by atoms with E-state index in [4.69, 9.17) is 4.98 Å². The summed E-state index contributed by atoms with van der Waals surface area (Å²) in [7, 11) is 0. The van der Waals surface area contributed by atoms with Crippen molar-refractivity contribution >= 4 is 28.2 Å². The molecule has 1 aliphatic rings. The molecule has 3 heterocycles. The first-order chi connectivity index (χ1) is 19.0. The highest BCUT2D eigenvalue weighted by molar-refractivity contribution is 7.15. The minimum atomic E-state index is -0.927. The van der Waals surface area contributed by atoms with Gasteiger partial charge in [-0.05, 0) is 55.5 Å². The van der Waals surface area contributed by atoms with E-state index in [-0.39, 0.29) is 17.9 Å². The summed E-state index contributed by atoms with van der Waals surface area (Å²) in [6.07, 6.45) is 6.79. The predicted molar refractivity (Wildman–Crippen MR) is 147 cm³/mol. The Hall–Kier alpha value is -4.18. The first-order valence-corrected chi connectivity index (χ1v) is 13.8. The number of anilines is 1. The second kappa shape index (κ2) is 10.9. The van der Waals surface area contributed by atoms with Crippen LogP contribution >= 0.6 is 11.3 Å². The molecule has 7 nitrogen and oxygen atoms in total. The normalized spacial score (nSPS) is 17.3. The summed E-state index contributed by atoms with van der Waals surface area (Å²) >= 11 is 1.45. The number of hydrogen-bond acceptors (Lipinski definition) is 6. The molecule has 198 valence electrons. The molecule has 0 spiro atoms. The molecule has 2 N–H and O–H groups in total. The van der Waals surface area contributed by atoms with E-state index < -0.39 is 11.6 Å². The van der Waals surface area contributed by atoms with Crippen molar-refractivity contribution < 1.29 is 13.6 Å². The number of imidazole rings is 1. The largest absolute Gasteiger partial charge is 0.352 e. The van der Waals surface area contributed by atoms with Crippen LogP contribution in [-0.4, -0.2) is 31.3 Å². The Kier molecular flexibility index (Phi) is 7.02. The van der Waals surface area contributed by atoms with E-state index in [1.54, 1.807) is 12.3 Å². The molecule has 0 aliphatic heterocycles. The monoisotopic (exact) mass is 544 g/mol. The average molecular weight is 545 g/mol. The fourth-order valence-electron chi connectivity index (χ4n) is 5.05. The van der Waals surface area contributed by atoms with Crippen LogP contribution < -0.4 is 10.6 Å². The van der Waals surface area contributed by atoms with E-state index in [0.717, 1.165) is 48.3 Å². The molecule has 6 rings (SSSR count). The van der Waals surface area contributed by atoms with Crippen LogP contribution in [0.15, 0.2) is 72.4 Å². The number of rotatable bonds is 7. The lowest BCUT2D eigenvalue weighted by Crippen LogP contribution is -2.35. The maximum absolute atomic E-state index is 14.0. The molecule has 1 fully saturated rings. The maximum atomic E-state index is 14.0. The van der Waals surface area contributed by atoms with Crippen molar-refractivity contribution in [1.29, 1.82) is 0 Å².